The van der Waals surface area contributed by atoms with Crippen LogP contribution in [0.15, 0.2) is 76.6 Å². The predicted octanol–water partition coefficient (Wildman–Crippen LogP) is 5.22. The van der Waals surface area contributed by atoms with Gasteiger partial charge in [-0.2, -0.15) is 9.78 Å². The summed E-state index contributed by atoms with van der Waals surface area (Å²) in [7, 11) is 0. The minimum Gasteiger partial charge on any atom is -0.365 e. The van der Waals surface area contributed by atoms with Crippen LogP contribution < -0.4 is 10.9 Å². The molecule has 13 heteroatoms. The van der Waals surface area contributed by atoms with Crippen molar-refractivity contribution >= 4 is 46.2 Å². The minimum atomic E-state index is -0.789. The lowest BCUT2D eigenvalue weighted by Crippen LogP contribution is -2.29. The number of rotatable bonds is 9. The normalized spacial score (nSPS) is 11.4. The van der Waals surface area contributed by atoms with E-state index in [0.717, 1.165) is 15.5 Å². The van der Waals surface area contributed by atoms with E-state index in [1.807, 2.05) is 6.07 Å². The van der Waals surface area contributed by atoms with E-state index in [9.17, 15) is 19.2 Å². The quantitative estimate of drug-likeness (QED) is 0.224. The molecule has 0 saturated heterocycles. The smallest absolute Gasteiger partial charge is 0.254 e. The molecule has 0 radical (unpaired) electrons. The number of thiophene rings is 1. The first-order chi connectivity index (χ1) is 20.0. The highest BCUT2D eigenvalue weighted by molar-refractivity contribution is 7.16. The summed E-state index contributed by atoms with van der Waals surface area (Å²) in [5, 5.41) is 11.5. The van der Waals surface area contributed by atoms with E-state index in [1.54, 1.807) is 45.0 Å². The van der Waals surface area contributed by atoms with Crippen molar-refractivity contribution < 1.29 is 18.9 Å². The average molecular weight is 605 g/mol. The van der Waals surface area contributed by atoms with Gasteiger partial charge in [0, 0.05) is 63.8 Å². The highest BCUT2D eigenvalue weighted by Crippen LogP contribution is 2.30. The van der Waals surface area contributed by atoms with Crippen LogP contribution in [0, 0.1) is 5.41 Å². The first-order valence-electron chi connectivity index (χ1n) is 12.8. The van der Waals surface area contributed by atoms with Gasteiger partial charge in [-0.05, 0) is 24.3 Å². The molecule has 214 valence electrons. The number of nitrogens with zero attached hydrogens (tertiary/aromatic N) is 5. The topological polar surface area (TPSA) is 142 Å². The van der Waals surface area contributed by atoms with E-state index >= 15 is 0 Å². The van der Waals surface area contributed by atoms with Gasteiger partial charge in [0.2, 0.25) is 5.78 Å². The van der Waals surface area contributed by atoms with Crippen LogP contribution in [-0.4, -0.2) is 42.0 Å². The van der Waals surface area contributed by atoms with Gasteiger partial charge in [-0.25, -0.2) is 0 Å². The van der Waals surface area contributed by atoms with E-state index < -0.39 is 22.5 Å². The van der Waals surface area contributed by atoms with Gasteiger partial charge in [0.1, 0.15) is 12.1 Å². The fourth-order valence-electron chi connectivity index (χ4n) is 4.07. The molecule has 5 rings (SSSR count). The average Bonchev–Trinajstić information content (AvgIpc) is 3.73. The molecule has 0 aromatic carbocycles. The van der Waals surface area contributed by atoms with Crippen LogP contribution in [0.5, 0.6) is 0 Å². The SMILES string of the molecule is CC(C)(C)C(=O)n1nc(-c2cn(CC(=O)c3ccon3)c(=O)cc2C(=O)c2cccnc2)cc1NCc1ccc(Cl)s1. The van der Waals surface area contributed by atoms with Gasteiger partial charge in [-0.15, -0.1) is 11.3 Å². The molecule has 0 fully saturated rings. The molecule has 42 heavy (non-hydrogen) atoms. The van der Waals surface area contributed by atoms with Gasteiger partial charge < -0.3 is 14.4 Å². The van der Waals surface area contributed by atoms with Crippen LogP contribution in [0.4, 0.5) is 5.82 Å². The second-order valence-corrected chi connectivity index (χ2v) is 12.2. The number of carbonyl (C=O) groups excluding carboxylic acids is 3. The number of pyridine rings is 2. The zero-order valence-corrected chi connectivity index (χ0v) is 24.4. The Labute approximate surface area is 248 Å². The van der Waals surface area contributed by atoms with Crippen LogP contribution >= 0.6 is 22.9 Å². The molecule has 5 aromatic rings. The number of anilines is 1. The monoisotopic (exact) mass is 604 g/mol. The molecule has 1 N–H and O–H groups in total. The highest BCUT2D eigenvalue weighted by Gasteiger charge is 2.28. The van der Waals surface area contributed by atoms with Gasteiger partial charge in [0.15, 0.2) is 11.5 Å². The standard InChI is InChI=1S/C29H25ClN6O5S/c1-29(2,3)28(40)36-25(32-14-18-6-7-24(30)42-18)12-22(33-36)20-15-35(16-23(37)21-8-10-41-34-21)26(38)11-19(20)27(39)17-5-4-9-31-13-17/h4-13,15,32H,14,16H2,1-3H3. The molecule has 0 saturated carbocycles. The van der Waals surface area contributed by atoms with Gasteiger partial charge >= 0.3 is 0 Å². The second-order valence-electron chi connectivity index (χ2n) is 10.4. The molecule has 0 unspecified atom stereocenters. The molecular weight excluding hydrogens is 580 g/mol. The van der Waals surface area contributed by atoms with Gasteiger partial charge in [0.25, 0.3) is 11.5 Å². The van der Waals surface area contributed by atoms with Gasteiger partial charge in [-0.1, -0.05) is 37.5 Å². The molecule has 5 heterocycles. The Morgan fingerprint density at radius 1 is 1.12 bits per heavy atom. The van der Waals surface area contributed by atoms with Crippen molar-refractivity contribution in [3.05, 3.63) is 104 Å². The largest absolute Gasteiger partial charge is 0.365 e. The van der Waals surface area contributed by atoms with E-state index in [2.05, 4.69) is 20.6 Å². The van der Waals surface area contributed by atoms with E-state index in [0.29, 0.717) is 16.7 Å². The van der Waals surface area contributed by atoms with E-state index in [-0.39, 0.29) is 40.5 Å². The molecule has 11 nitrogen and oxygen atoms in total. The van der Waals surface area contributed by atoms with Crippen LogP contribution in [0.3, 0.4) is 0 Å². The third-order valence-corrected chi connectivity index (χ3v) is 7.45. The van der Waals surface area contributed by atoms with E-state index in [4.69, 9.17) is 16.1 Å². The number of aromatic nitrogens is 5. The van der Waals surface area contributed by atoms with Crippen molar-refractivity contribution in [3.8, 4) is 11.3 Å². The summed E-state index contributed by atoms with van der Waals surface area (Å²) in [4.78, 5) is 57.9. The highest BCUT2D eigenvalue weighted by atomic mass is 35.5. The molecule has 5 aromatic heterocycles. The Balaban J connectivity index is 1.63. The lowest BCUT2D eigenvalue weighted by molar-refractivity contribution is 0.0752. The number of nitrogens with one attached hydrogen (secondary N) is 1. The van der Waals surface area contributed by atoms with Crippen LogP contribution in [0.2, 0.25) is 4.34 Å². The number of Topliss-reactive ketones (excluding diaryl/α,β-unsaturated/α-hetero) is 1. The molecule has 0 aliphatic carbocycles. The Hall–Kier alpha value is -4.68. The Kier molecular flexibility index (Phi) is 8.01. The Morgan fingerprint density at radius 3 is 2.57 bits per heavy atom. The van der Waals surface area contributed by atoms with Crippen LogP contribution in [0.25, 0.3) is 11.3 Å². The van der Waals surface area contributed by atoms with Gasteiger partial charge in [0.05, 0.1) is 23.1 Å². The van der Waals surface area contributed by atoms with Crippen LogP contribution in [-0.2, 0) is 13.1 Å². The van der Waals surface area contributed by atoms with Crippen molar-refractivity contribution in [2.75, 3.05) is 5.32 Å². The zero-order valence-electron chi connectivity index (χ0n) is 22.8. The number of ketones is 2. The van der Waals surface area contributed by atoms with Crippen molar-refractivity contribution in [2.45, 2.75) is 33.9 Å². The molecule has 0 aliphatic rings. The molecule has 0 atom stereocenters. The van der Waals surface area contributed by atoms with Gasteiger partial charge in [-0.3, -0.25) is 24.2 Å². The third-order valence-electron chi connectivity index (χ3n) is 6.22. The Morgan fingerprint density at radius 2 is 1.93 bits per heavy atom. The maximum Gasteiger partial charge on any atom is 0.254 e. The summed E-state index contributed by atoms with van der Waals surface area (Å²) in [6, 6.07) is 11.0. The summed E-state index contributed by atoms with van der Waals surface area (Å²) in [6.45, 7) is 5.32. The maximum atomic E-state index is 13.6. The number of halogens is 1. The van der Waals surface area contributed by atoms with Crippen molar-refractivity contribution in [1.29, 1.82) is 0 Å². The van der Waals surface area contributed by atoms with Crippen molar-refractivity contribution in [2.24, 2.45) is 5.41 Å². The second kappa shape index (κ2) is 11.7. The summed E-state index contributed by atoms with van der Waals surface area (Å²) in [5.41, 5.74) is -0.521. The maximum absolute atomic E-state index is 13.6. The summed E-state index contributed by atoms with van der Waals surface area (Å²) in [6.07, 6.45) is 5.58. The lowest BCUT2D eigenvalue weighted by atomic mass is 9.96. The van der Waals surface area contributed by atoms with Crippen molar-refractivity contribution in [3.63, 3.8) is 0 Å². The minimum absolute atomic E-state index is 0.0441. The summed E-state index contributed by atoms with van der Waals surface area (Å²) in [5.74, 6) is -0.848. The van der Waals surface area contributed by atoms with Crippen molar-refractivity contribution in [1.82, 2.24) is 24.5 Å². The summed E-state index contributed by atoms with van der Waals surface area (Å²) >= 11 is 7.48. The molecule has 0 spiro atoms. The molecular formula is C29H25ClN6O5S. The summed E-state index contributed by atoms with van der Waals surface area (Å²) < 4.78 is 7.80. The fourth-order valence-corrected chi connectivity index (χ4v) is 5.10. The molecule has 0 aliphatic heterocycles. The third kappa shape index (κ3) is 6.14. The lowest BCUT2D eigenvalue weighted by Gasteiger charge is -2.18. The van der Waals surface area contributed by atoms with E-state index in [1.165, 1.54) is 46.9 Å². The number of carbonyl (C=O) groups is 3. The molecule has 0 amide bonds. The molecule has 0 bridgehead atoms. The fraction of sp³-hybridized carbons (Fsp3) is 0.207. The van der Waals surface area contributed by atoms with Crippen LogP contribution in [0.1, 0.15) is 56.9 Å². The Bertz CT molecular complexity index is 1830. The first kappa shape index (κ1) is 28.8. The number of hydrogen-bond donors (Lipinski definition) is 1. The zero-order chi connectivity index (χ0) is 30.0. The number of hydrogen-bond acceptors (Lipinski definition) is 10. The predicted molar refractivity (Wildman–Crippen MR) is 157 cm³/mol. The first-order valence-corrected chi connectivity index (χ1v) is 14.0.